The molecule has 7 heteroatoms. The van der Waals surface area contributed by atoms with Crippen molar-refractivity contribution in [3.63, 3.8) is 0 Å². The summed E-state index contributed by atoms with van der Waals surface area (Å²) in [5, 5.41) is 6.64. The number of nitrogens with one attached hydrogen (secondary N) is 2. The summed E-state index contributed by atoms with van der Waals surface area (Å²) < 4.78 is 16.9. The summed E-state index contributed by atoms with van der Waals surface area (Å²) in [5.74, 6) is 2.25. The second kappa shape index (κ2) is 14.9. The molecular weight excluding hydrogens is 493 g/mol. The standard InChI is InChI=1S/C23H33N3O3.HI/c1-5-28-22-16-19(12-13-21(22)27-4)17-26-23(24-3)25-14-9-15-29-18(2)20-10-7-6-8-11-20;/h6-8,10-13,16,18H,5,9,14-15,17H2,1-4H3,(H2,24,25,26);1H. The highest BCUT2D eigenvalue weighted by atomic mass is 127. The van der Waals surface area contributed by atoms with Crippen LogP contribution >= 0.6 is 24.0 Å². The van der Waals surface area contributed by atoms with Crippen molar-refractivity contribution in [3.8, 4) is 11.5 Å². The Bertz CT molecular complexity index is 757. The van der Waals surface area contributed by atoms with Gasteiger partial charge in [-0.2, -0.15) is 0 Å². The molecular formula is C23H34IN3O3. The highest BCUT2D eigenvalue weighted by Gasteiger charge is 2.07. The number of nitrogens with zero attached hydrogens (tertiary/aromatic N) is 1. The molecule has 0 aliphatic heterocycles. The zero-order valence-corrected chi connectivity index (χ0v) is 20.6. The second-order valence-corrected chi connectivity index (χ2v) is 6.55. The van der Waals surface area contributed by atoms with Gasteiger partial charge in [0.05, 0.1) is 19.8 Å². The Hall–Kier alpha value is -2.00. The molecule has 0 spiro atoms. The summed E-state index contributed by atoms with van der Waals surface area (Å²) in [7, 11) is 3.41. The highest BCUT2D eigenvalue weighted by molar-refractivity contribution is 14.0. The molecule has 0 saturated carbocycles. The van der Waals surface area contributed by atoms with Crippen molar-refractivity contribution in [2.45, 2.75) is 32.9 Å². The van der Waals surface area contributed by atoms with Crippen LogP contribution < -0.4 is 20.1 Å². The summed E-state index contributed by atoms with van der Waals surface area (Å²) in [6, 6.07) is 16.2. The van der Waals surface area contributed by atoms with Crippen molar-refractivity contribution in [1.29, 1.82) is 0 Å². The van der Waals surface area contributed by atoms with Crippen LogP contribution in [-0.4, -0.2) is 39.9 Å². The van der Waals surface area contributed by atoms with Crippen LogP contribution in [0.1, 0.15) is 37.5 Å². The van der Waals surface area contributed by atoms with Gasteiger partial charge in [-0.1, -0.05) is 36.4 Å². The lowest BCUT2D eigenvalue weighted by molar-refractivity contribution is 0.0646. The van der Waals surface area contributed by atoms with Gasteiger partial charge >= 0.3 is 0 Å². The van der Waals surface area contributed by atoms with Crippen LogP contribution in [0.2, 0.25) is 0 Å². The van der Waals surface area contributed by atoms with Crippen LogP contribution in [0.5, 0.6) is 11.5 Å². The van der Waals surface area contributed by atoms with Gasteiger partial charge in [0.25, 0.3) is 0 Å². The lowest BCUT2D eigenvalue weighted by Gasteiger charge is -2.15. The summed E-state index contributed by atoms with van der Waals surface area (Å²) in [6.45, 7) is 6.76. The van der Waals surface area contributed by atoms with Crippen molar-refractivity contribution in [3.05, 3.63) is 59.7 Å². The maximum absolute atomic E-state index is 5.90. The topological polar surface area (TPSA) is 64.1 Å². The zero-order chi connectivity index (χ0) is 20.9. The van der Waals surface area contributed by atoms with E-state index >= 15 is 0 Å². The van der Waals surface area contributed by atoms with E-state index in [9.17, 15) is 0 Å². The van der Waals surface area contributed by atoms with Gasteiger partial charge in [0.15, 0.2) is 17.5 Å². The SMILES string of the molecule is CCOc1cc(CNC(=NC)NCCCOC(C)c2ccccc2)ccc1OC.I. The fourth-order valence-electron chi connectivity index (χ4n) is 2.87. The second-order valence-electron chi connectivity index (χ2n) is 6.55. The van der Waals surface area contributed by atoms with E-state index in [1.807, 2.05) is 43.3 Å². The smallest absolute Gasteiger partial charge is 0.191 e. The fourth-order valence-corrected chi connectivity index (χ4v) is 2.87. The molecule has 0 aliphatic rings. The molecule has 2 aromatic rings. The average Bonchev–Trinajstić information content (AvgIpc) is 2.76. The molecule has 1 atom stereocenters. The Morgan fingerprint density at radius 2 is 1.83 bits per heavy atom. The van der Waals surface area contributed by atoms with Gasteiger partial charge in [-0.15, -0.1) is 24.0 Å². The largest absolute Gasteiger partial charge is 0.493 e. The Morgan fingerprint density at radius 1 is 1.07 bits per heavy atom. The quantitative estimate of drug-likeness (QED) is 0.195. The number of guanidine groups is 1. The number of halogens is 1. The highest BCUT2D eigenvalue weighted by Crippen LogP contribution is 2.27. The maximum atomic E-state index is 5.90. The molecule has 2 aromatic carbocycles. The first-order chi connectivity index (χ1) is 14.2. The van der Waals surface area contributed by atoms with E-state index in [0.717, 1.165) is 36.0 Å². The van der Waals surface area contributed by atoms with Crippen LogP contribution in [0, 0.1) is 0 Å². The molecule has 0 aromatic heterocycles. The first-order valence-corrected chi connectivity index (χ1v) is 10.1. The lowest BCUT2D eigenvalue weighted by atomic mass is 10.1. The van der Waals surface area contributed by atoms with Crippen LogP contribution in [0.15, 0.2) is 53.5 Å². The molecule has 0 amide bonds. The Kier molecular flexibility index (Phi) is 12.9. The van der Waals surface area contributed by atoms with Crippen molar-refractivity contribution in [2.24, 2.45) is 4.99 Å². The van der Waals surface area contributed by atoms with E-state index in [-0.39, 0.29) is 30.1 Å². The minimum Gasteiger partial charge on any atom is -0.493 e. The van der Waals surface area contributed by atoms with Crippen LogP contribution in [0.25, 0.3) is 0 Å². The van der Waals surface area contributed by atoms with Crippen molar-refractivity contribution in [2.75, 3.05) is 33.9 Å². The molecule has 0 fully saturated rings. The fraction of sp³-hybridized carbons (Fsp3) is 0.435. The third-order valence-corrected chi connectivity index (χ3v) is 4.46. The first-order valence-electron chi connectivity index (χ1n) is 10.1. The van der Waals surface area contributed by atoms with E-state index in [2.05, 4.69) is 34.7 Å². The number of methoxy groups -OCH3 is 1. The number of benzene rings is 2. The number of hydrogen-bond acceptors (Lipinski definition) is 4. The summed E-state index contributed by atoms with van der Waals surface area (Å²) in [5.41, 5.74) is 2.29. The number of aliphatic imine (C=N–C) groups is 1. The lowest BCUT2D eigenvalue weighted by Crippen LogP contribution is -2.37. The van der Waals surface area contributed by atoms with E-state index in [1.54, 1.807) is 14.2 Å². The van der Waals surface area contributed by atoms with E-state index in [1.165, 1.54) is 5.56 Å². The Balaban J connectivity index is 0.00000450. The molecule has 1 unspecified atom stereocenters. The van der Waals surface area contributed by atoms with Gasteiger partial charge in [0.2, 0.25) is 0 Å². The van der Waals surface area contributed by atoms with Gasteiger partial charge in [0.1, 0.15) is 0 Å². The molecule has 0 bridgehead atoms. The third-order valence-electron chi connectivity index (χ3n) is 4.46. The summed E-state index contributed by atoms with van der Waals surface area (Å²) in [4.78, 5) is 4.27. The molecule has 166 valence electrons. The van der Waals surface area contributed by atoms with Gasteiger partial charge < -0.3 is 24.8 Å². The van der Waals surface area contributed by atoms with E-state index < -0.39 is 0 Å². The van der Waals surface area contributed by atoms with Crippen molar-refractivity contribution < 1.29 is 14.2 Å². The van der Waals surface area contributed by atoms with Gasteiger partial charge in [0, 0.05) is 26.7 Å². The predicted molar refractivity (Wildman–Crippen MR) is 133 cm³/mol. The van der Waals surface area contributed by atoms with Gasteiger partial charge in [-0.05, 0) is 43.5 Å². The number of rotatable bonds is 11. The average molecular weight is 527 g/mol. The van der Waals surface area contributed by atoms with Crippen molar-refractivity contribution in [1.82, 2.24) is 10.6 Å². The van der Waals surface area contributed by atoms with E-state index in [4.69, 9.17) is 14.2 Å². The Labute approximate surface area is 197 Å². The number of hydrogen-bond donors (Lipinski definition) is 2. The Morgan fingerprint density at radius 3 is 2.50 bits per heavy atom. The van der Waals surface area contributed by atoms with Crippen LogP contribution in [0.3, 0.4) is 0 Å². The zero-order valence-electron chi connectivity index (χ0n) is 18.3. The molecule has 0 aliphatic carbocycles. The molecule has 2 N–H and O–H groups in total. The summed E-state index contributed by atoms with van der Waals surface area (Å²) in [6.07, 6.45) is 0.998. The molecule has 0 saturated heterocycles. The maximum Gasteiger partial charge on any atom is 0.191 e. The number of ether oxygens (including phenoxy) is 3. The predicted octanol–water partition coefficient (Wildman–Crippen LogP) is 4.54. The molecule has 2 rings (SSSR count). The first kappa shape index (κ1) is 26.0. The molecule has 30 heavy (non-hydrogen) atoms. The molecule has 6 nitrogen and oxygen atoms in total. The molecule has 0 radical (unpaired) electrons. The van der Waals surface area contributed by atoms with E-state index in [0.29, 0.717) is 19.8 Å². The van der Waals surface area contributed by atoms with Gasteiger partial charge in [-0.3, -0.25) is 4.99 Å². The summed E-state index contributed by atoms with van der Waals surface area (Å²) >= 11 is 0. The monoisotopic (exact) mass is 527 g/mol. The van der Waals surface area contributed by atoms with Gasteiger partial charge in [-0.25, -0.2) is 0 Å². The van der Waals surface area contributed by atoms with Crippen molar-refractivity contribution >= 4 is 29.9 Å². The minimum atomic E-state index is 0. The third kappa shape index (κ3) is 8.79. The van der Waals surface area contributed by atoms with Crippen LogP contribution in [0.4, 0.5) is 0 Å². The molecule has 0 heterocycles. The normalized spacial score (nSPS) is 11.9. The minimum absolute atomic E-state index is 0. The van der Waals surface area contributed by atoms with Crippen LogP contribution in [-0.2, 0) is 11.3 Å².